The summed E-state index contributed by atoms with van der Waals surface area (Å²) in [6.45, 7) is 6.13. The molecule has 0 bridgehead atoms. The Labute approximate surface area is 168 Å². The van der Waals surface area contributed by atoms with E-state index in [0.29, 0.717) is 24.6 Å². The van der Waals surface area contributed by atoms with Crippen molar-refractivity contribution in [1.29, 1.82) is 0 Å². The Morgan fingerprint density at radius 2 is 1.61 bits per heavy atom. The Balaban J connectivity index is 1.91. The fraction of sp³-hybridized carbons (Fsp3) is 0.391. The van der Waals surface area contributed by atoms with Crippen LogP contribution in [0.1, 0.15) is 45.7 Å². The largest absolute Gasteiger partial charge is 0.351 e. The molecule has 0 atom stereocenters. The molecule has 2 N–H and O–H groups in total. The van der Waals surface area contributed by atoms with Crippen molar-refractivity contribution in [2.75, 3.05) is 27.2 Å². The molecule has 0 unspecified atom stereocenters. The van der Waals surface area contributed by atoms with Gasteiger partial charge in [-0.15, -0.1) is 0 Å². The third kappa shape index (κ3) is 6.82. The maximum absolute atomic E-state index is 12.6. The van der Waals surface area contributed by atoms with Crippen LogP contribution in [-0.2, 0) is 13.0 Å². The molecule has 0 saturated carbocycles. The number of amides is 2. The van der Waals surface area contributed by atoms with Crippen molar-refractivity contribution in [3.63, 3.8) is 0 Å². The monoisotopic (exact) mass is 381 g/mol. The highest BCUT2D eigenvalue weighted by atomic mass is 16.2. The second-order valence-corrected chi connectivity index (χ2v) is 7.69. The Kier molecular flexibility index (Phi) is 8.20. The molecule has 0 fully saturated rings. The predicted molar refractivity (Wildman–Crippen MR) is 113 cm³/mol. The molecule has 5 nitrogen and oxygen atoms in total. The van der Waals surface area contributed by atoms with Crippen LogP contribution in [0.5, 0.6) is 0 Å². The zero-order valence-electron chi connectivity index (χ0n) is 17.3. The average molecular weight is 382 g/mol. The molecule has 5 heteroatoms. The molecule has 2 amide bonds. The highest BCUT2D eigenvalue weighted by Crippen LogP contribution is 2.14. The molecule has 0 aliphatic rings. The van der Waals surface area contributed by atoms with Crippen molar-refractivity contribution in [2.24, 2.45) is 5.92 Å². The number of nitrogens with one attached hydrogen (secondary N) is 2. The molecule has 28 heavy (non-hydrogen) atoms. The molecular formula is C23H31N3O2. The van der Waals surface area contributed by atoms with Crippen LogP contribution >= 0.6 is 0 Å². The minimum atomic E-state index is -0.0833. The highest BCUT2D eigenvalue weighted by Gasteiger charge is 2.12. The van der Waals surface area contributed by atoms with Crippen molar-refractivity contribution in [3.05, 3.63) is 70.8 Å². The van der Waals surface area contributed by atoms with Gasteiger partial charge >= 0.3 is 0 Å². The summed E-state index contributed by atoms with van der Waals surface area (Å²) in [7, 11) is 3.94. The van der Waals surface area contributed by atoms with E-state index in [1.807, 2.05) is 55.4 Å². The summed E-state index contributed by atoms with van der Waals surface area (Å²) < 4.78 is 0. The van der Waals surface area contributed by atoms with Gasteiger partial charge in [0.1, 0.15) is 0 Å². The lowest BCUT2D eigenvalue weighted by Gasteiger charge is -2.12. The van der Waals surface area contributed by atoms with Gasteiger partial charge in [0.2, 0.25) is 0 Å². The van der Waals surface area contributed by atoms with Gasteiger partial charge in [-0.05, 0) is 55.8 Å². The Bertz CT molecular complexity index is 783. The van der Waals surface area contributed by atoms with E-state index >= 15 is 0 Å². The van der Waals surface area contributed by atoms with E-state index < -0.39 is 0 Å². The van der Waals surface area contributed by atoms with Gasteiger partial charge in [-0.2, -0.15) is 0 Å². The Hall–Kier alpha value is -2.66. The molecule has 0 aromatic heterocycles. The first-order valence-corrected chi connectivity index (χ1v) is 9.74. The molecule has 0 radical (unpaired) electrons. The van der Waals surface area contributed by atoms with Gasteiger partial charge in [0.05, 0.1) is 0 Å². The fourth-order valence-electron chi connectivity index (χ4n) is 2.91. The molecule has 0 heterocycles. The van der Waals surface area contributed by atoms with E-state index in [2.05, 4.69) is 24.5 Å². The van der Waals surface area contributed by atoms with E-state index in [4.69, 9.17) is 0 Å². The summed E-state index contributed by atoms with van der Waals surface area (Å²) in [4.78, 5) is 26.7. The quantitative estimate of drug-likeness (QED) is 0.702. The zero-order chi connectivity index (χ0) is 20.5. The van der Waals surface area contributed by atoms with Crippen molar-refractivity contribution >= 4 is 11.8 Å². The maximum Gasteiger partial charge on any atom is 0.251 e. The fourth-order valence-corrected chi connectivity index (χ4v) is 2.91. The van der Waals surface area contributed by atoms with Crippen molar-refractivity contribution < 1.29 is 9.59 Å². The predicted octanol–water partition coefficient (Wildman–Crippen LogP) is 3.11. The molecular weight excluding hydrogens is 350 g/mol. The number of benzene rings is 2. The summed E-state index contributed by atoms with van der Waals surface area (Å²) in [5.41, 5.74) is 3.38. The smallest absolute Gasteiger partial charge is 0.251 e. The summed E-state index contributed by atoms with van der Waals surface area (Å²) in [6.07, 6.45) is 0.876. The van der Waals surface area contributed by atoms with Gasteiger partial charge in [0.25, 0.3) is 11.8 Å². The van der Waals surface area contributed by atoms with Gasteiger partial charge in [-0.25, -0.2) is 0 Å². The van der Waals surface area contributed by atoms with Gasteiger partial charge in [-0.3, -0.25) is 9.59 Å². The molecule has 0 aliphatic carbocycles. The number of likely N-dealkylation sites (N-methyl/N-ethyl adjacent to an activating group) is 1. The third-order valence-electron chi connectivity index (χ3n) is 4.40. The number of carbonyl (C=O) groups is 2. The van der Waals surface area contributed by atoms with Gasteiger partial charge in [0, 0.05) is 30.8 Å². The van der Waals surface area contributed by atoms with E-state index in [0.717, 1.165) is 29.7 Å². The Morgan fingerprint density at radius 1 is 0.929 bits per heavy atom. The van der Waals surface area contributed by atoms with Crippen LogP contribution in [0, 0.1) is 5.92 Å². The minimum absolute atomic E-state index is 0.0678. The normalized spacial score (nSPS) is 10.9. The van der Waals surface area contributed by atoms with Crippen LogP contribution in [0.3, 0.4) is 0 Å². The van der Waals surface area contributed by atoms with E-state index in [1.165, 1.54) is 0 Å². The molecule has 2 rings (SSSR count). The maximum atomic E-state index is 12.6. The standard InChI is InChI=1S/C23H31N3O2/c1-17(2)15-20-7-5-6-8-21(20)23(28)25-16-18-9-11-19(12-10-18)22(27)24-13-14-26(3)4/h5-12,17H,13-16H2,1-4H3,(H,24,27)(H,25,28). The highest BCUT2D eigenvalue weighted by molar-refractivity contribution is 5.96. The van der Waals surface area contributed by atoms with Crippen LogP contribution in [0.15, 0.2) is 48.5 Å². The van der Waals surface area contributed by atoms with Crippen LogP contribution in [0.25, 0.3) is 0 Å². The first kappa shape index (κ1) is 21.6. The molecule has 2 aromatic rings. The number of hydrogen-bond acceptors (Lipinski definition) is 3. The number of rotatable bonds is 9. The summed E-state index contributed by atoms with van der Waals surface area (Å²) >= 11 is 0. The minimum Gasteiger partial charge on any atom is -0.351 e. The second-order valence-electron chi connectivity index (χ2n) is 7.69. The van der Waals surface area contributed by atoms with Gasteiger partial charge in [0.15, 0.2) is 0 Å². The second kappa shape index (κ2) is 10.6. The third-order valence-corrected chi connectivity index (χ3v) is 4.40. The first-order chi connectivity index (χ1) is 13.4. The lowest BCUT2D eigenvalue weighted by Crippen LogP contribution is -2.31. The summed E-state index contributed by atoms with van der Waals surface area (Å²) in [6, 6.07) is 15.1. The van der Waals surface area contributed by atoms with Crippen LogP contribution in [0.4, 0.5) is 0 Å². The van der Waals surface area contributed by atoms with Crippen LogP contribution in [0.2, 0.25) is 0 Å². The lowest BCUT2D eigenvalue weighted by atomic mass is 9.97. The van der Waals surface area contributed by atoms with Crippen molar-refractivity contribution in [2.45, 2.75) is 26.8 Å². The van der Waals surface area contributed by atoms with E-state index in [1.54, 1.807) is 12.1 Å². The topological polar surface area (TPSA) is 61.4 Å². The number of hydrogen-bond donors (Lipinski definition) is 2. The van der Waals surface area contributed by atoms with E-state index in [-0.39, 0.29) is 11.8 Å². The molecule has 0 saturated heterocycles. The van der Waals surface area contributed by atoms with Gasteiger partial charge < -0.3 is 15.5 Å². The molecule has 0 aliphatic heterocycles. The van der Waals surface area contributed by atoms with Crippen molar-refractivity contribution in [3.8, 4) is 0 Å². The Morgan fingerprint density at radius 3 is 2.25 bits per heavy atom. The molecule has 2 aromatic carbocycles. The van der Waals surface area contributed by atoms with Crippen molar-refractivity contribution in [1.82, 2.24) is 15.5 Å². The zero-order valence-corrected chi connectivity index (χ0v) is 17.3. The van der Waals surface area contributed by atoms with Crippen LogP contribution < -0.4 is 10.6 Å². The first-order valence-electron chi connectivity index (χ1n) is 9.74. The molecule has 150 valence electrons. The number of nitrogens with zero attached hydrogens (tertiary/aromatic N) is 1. The average Bonchev–Trinajstić information content (AvgIpc) is 2.66. The van der Waals surface area contributed by atoms with Gasteiger partial charge in [-0.1, -0.05) is 44.2 Å². The summed E-state index contributed by atoms with van der Waals surface area (Å²) in [5, 5.41) is 5.87. The SMILES string of the molecule is CC(C)Cc1ccccc1C(=O)NCc1ccc(C(=O)NCCN(C)C)cc1. The summed E-state index contributed by atoms with van der Waals surface area (Å²) in [5.74, 6) is 0.340. The number of carbonyl (C=O) groups excluding carboxylic acids is 2. The molecule has 0 spiro atoms. The van der Waals surface area contributed by atoms with Crippen LogP contribution in [-0.4, -0.2) is 43.9 Å². The lowest BCUT2D eigenvalue weighted by molar-refractivity contribution is 0.0941. The van der Waals surface area contributed by atoms with E-state index in [9.17, 15) is 9.59 Å².